The largest absolute Gasteiger partial charge is 0.464 e. The van der Waals surface area contributed by atoms with Gasteiger partial charge in [0.05, 0.1) is 6.61 Å². The van der Waals surface area contributed by atoms with Gasteiger partial charge >= 0.3 is 5.97 Å². The van der Waals surface area contributed by atoms with Gasteiger partial charge in [-0.2, -0.15) is 0 Å². The van der Waals surface area contributed by atoms with E-state index >= 15 is 0 Å². The van der Waals surface area contributed by atoms with Gasteiger partial charge in [0.1, 0.15) is 0 Å². The summed E-state index contributed by atoms with van der Waals surface area (Å²) in [5.74, 6) is -1.55. The van der Waals surface area contributed by atoms with Crippen LogP contribution in [-0.2, 0) is 18.8 Å². The fraction of sp³-hybridized carbons (Fsp3) is 0.382. The van der Waals surface area contributed by atoms with Crippen LogP contribution in [0.4, 0.5) is 0 Å². The van der Waals surface area contributed by atoms with Crippen LogP contribution in [0.5, 0.6) is 0 Å². The summed E-state index contributed by atoms with van der Waals surface area (Å²) < 4.78 is 12.4. The van der Waals surface area contributed by atoms with Crippen molar-refractivity contribution in [3.05, 3.63) is 96.1 Å². The quantitative estimate of drug-likeness (QED) is 0.199. The van der Waals surface area contributed by atoms with Gasteiger partial charge in [-0.05, 0) is 54.2 Å². The fourth-order valence-corrected chi connectivity index (χ4v) is 10.5. The van der Waals surface area contributed by atoms with Crippen LogP contribution in [0.1, 0.15) is 62.9 Å². The van der Waals surface area contributed by atoms with Crippen molar-refractivity contribution in [2.75, 3.05) is 13.2 Å². The Balaban J connectivity index is 1.51. The van der Waals surface area contributed by atoms with Gasteiger partial charge in [-0.1, -0.05) is 99.1 Å². The Hall–Kier alpha value is -3.75. The van der Waals surface area contributed by atoms with E-state index in [0.717, 1.165) is 5.56 Å². The lowest BCUT2D eigenvalue weighted by molar-refractivity contribution is -0.154. The monoisotopic (exact) mass is 586 g/mol. The van der Waals surface area contributed by atoms with Crippen LogP contribution < -0.4 is 15.8 Å². The molecule has 0 aromatic heterocycles. The van der Waals surface area contributed by atoms with Gasteiger partial charge in [-0.15, -0.1) is 0 Å². The number of esters is 1. The molecule has 1 saturated heterocycles. The number of nitrogens with one attached hydrogen (secondary N) is 1. The molecule has 0 bridgehead atoms. The minimum Gasteiger partial charge on any atom is -0.464 e. The van der Waals surface area contributed by atoms with Crippen LogP contribution in [0.25, 0.3) is 0 Å². The zero-order valence-corrected chi connectivity index (χ0v) is 26.3. The number of carbonyl (C=O) groups is 3. The number of amides is 2. The molecule has 0 aliphatic carbocycles. The number of ether oxygens (including phenoxy) is 1. The van der Waals surface area contributed by atoms with Crippen molar-refractivity contribution in [2.45, 2.75) is 65.0 Å². The van der Waals surface area contributed by atoms with Gasteiger partial charge in [0.2, 0.25) is 5.91 Å². The first-order chi connectivity index (χ1) is 20.1. The number of hydrogen-bond donors (Lipinski definition) is 1. The summed E-state index contributed by atoms with van der Waals surface area (Å²) in [6, 6.07) is 27.1. The SMILES string of the molecule is CCOC(=O)[C@@H]1[C@H](CCCO[Si](c2ccccc2)(c2ccccc2)C(C)(C)C)CC(=O)N1NC(=O)c1ccc(C)cc1. The lowest BCUT2D eigenvalue weighted by atomic mass is 9.95. The Bertz CT molecular complexity index is 1320. The Labute approximate surface area is 250 Å². The van der Waals surface area contributed by atoms with E-state index in [0.29, 0.717) is 25.0 Å². The number of aryl methyl sites for hydroxylation is 1. The maximum Gasteiger partial charge on any atom is 0.331 e. The molecule has 3 aromatic rings. The third-order valence-electron chi connectivity index (χ3n) is 7.95. The summed E-state index contributed by atoms with van der Waals surface area (Å²) in [5, 5.41) is 3.43. The van der Waals surface area contributed by atoms with Gasteiger partial charge in [-0.25, -0.2) is 9.80 Å². The van der Waals surface area contributed by atoms with Crippen LogP contribution in [0.3, 0.4) is 0 Å². The zero-order chi connectivity index (χ0) is 30.3. The van der Waals surface area contributed by atoms with Gasteiger partial charge in [0.25, 0.3) is 14.2 Å². The maximum atomic E-state index is 13.1. The smallest absolute Gasteiger partial charge is 0.331 e. The number of benzene rings is 3. The third kappa shape index (κ3) is 6.66. The van der Waals surface area contributed by atoms with Crippen molar-refractivity contribution in [3.8, 4) is 0 Å². The molecule has 1 aliphatic rings. The minimum atomic E-state index is -2.69. The van der Waals surface area contributed by atoms with E-state index in [1.54, 1.807) is 19.1 Å². The molecule has 0 spiro atoms. The molecule has 1 aliphatic heterocycles. The lowest BCUT2D eigenvalue weighted by Crippen LogP contribution is -2.66. The molecular weight excluding hydrogens is 544 g/mol. The molecule has 4 rings (SSSR count). The predicted octanol–water partition coefficient (Wildman–Crippen LogP) is 4.78. The Morgan fingerprint density at radius 1 is 0.929 bits per heavy atom. The maximum absolute atomic E-state index is 13.1. The number of carbonyl (C=O) groups excluding carboxylic acids is 3. The number of rotatable bonds is 11. The molecule has 1 heterocycles. The first-order valence-corrected chi connectivity index (χ1v) is 16.6. The second-order valence-corrected chi connectivity index (χ2v) is 16.2. The van der Waals surface area contributed by atoms with Gasteiger partial charge < -0.3 is 9.16 Å². The van der Waals surface area contributed by atoms with E-state index in [-0.39, 0.29) is 29.9 Å². The van der Waals surface area contributed by atoms with Gasteiger partial charge in [0.15, 0.2) is 6.04 Å². The minimum absolute atomic E-state index is 0.149. The lowest BCUT2D eigenvalue weighted by Gasteiger charge is -2.43. The van der Waals surface area contributed by atoms with E-state index in [9.17, 15) is 14.4 Å². The molecule has 0 saturated carbocycles. The summed E-state index contributed by atoms with van der Waals surface area (Å²) in [6.45, 7) is 11.0. The predicted molar refractivity (Wildman–Crippen MR) is 167 cm³/mol. The standard InChI is InChI=1S/C34H42N2O5Si/c1-6-40-33(39)31-27(24-30(37)36(31)35-32(38)26-21-19-25(2)20-22-26)14-13-23-41-42(34(3,4)5,28-15-9-7-10-16-28)29-17-11-8-12-18-29/h7-12,15-22,27,31H,6,13-14,23-24H2,1-5H3,(H,35,38)/t27-,31+/m1/s1. The molecule has 2 atom stereocenters. The highest BCUT2D eigenvalue weighted by Crippen LogP contribution is 2.37. The Morgan fingerprint density at radius 3 is 2.02 bits per heavy atom. The Kier molecular flexibility index (Phi) is 10.0. The summed E-state index contributed by atoms with van der Waals surface area (Å²) in [6.07, 6.45) is 1.37. The van der Waals surface area contributed by atoms with Crippen LogP contribution >= 0.6 is 0 Å². The number of hydrazine groups is 1. The summed E-state index contributed by atoms with van der Waals surface area (Å²) in [7, 11) is -2.69. The van der Waals surface area contributed by atoms with E-state index in [4.69, 9.17) is 9.16 Å². The third-order valence-corrected chi connectivity index (χ3v) is 13.0. The molecule has 0 radical (unpaired) electrons. The molecule has 42 heavy (non-hydrogen) atoms. The van der Waals surface area contributed by atoms with Crippen LogP contribution in [-0.4, -0.2) is 50.4 Å². The Morgan fingerprint density at radius 2 is 1.50 bits per heavy atom. The van der Waals surface area contributed by atoms with E-state index in [1.165, 1.54) is 15.4 Å². The normalized spacial score (nSPS) is 17.3. The highest BCUT2D eigenvalue weighted by Gasteiger charge is 2.50. The number of hydrogen-bond acceptors (Lipinski definition) is 5. The van der Waals surface area contributed by atoms with E-state index in [2.05, 4.69) is 74.7 Å². The van der Waals surface area contributed by atoms with E-state index < -0.39 is 26.2 Å². The molecule has 8 heteroatoms. The zero-order valence-electron chi connectivity index (χ0n) is 25.3. The molecule has 3 aromatic carbocycles. The van der Waals surface area contributed by atoms with Crippen molar-refractivity contribution in [3.63, 3.8) is 0 Å². The molecule has 1 N–H and O–H groups in total. The van der Waals surface area contributed by atoms with Gasteiger partial charge in [-0.3, -0.25) is 15.0 Å². The number of nitrogens with zero attached hydrogens (tertiary/aromatic N) is 1. The van der Waals surface area contributed by atoms with Gasteiger partial charge in [0, 0.05) is 24.5 Å². The van der Waals surface area contributed by atoms with Crippen molar-refractivity contribution >= 4 is 36.5 Å². The molecular formula is C34H42N2O5Si. The molecule has 7 nitrogen and oxygen atoms in total. The summed E-state index contributed by atoms with van der Waals surface area (Å²) in [4.78, 5) is 39.1. The average Bonchev–Trinajstić information content (AvgIpc) is 3.28. The van der Waals surface area contributed by atoms with Crippen LogP contribution in [0.15, 0.2) is 84.9 Å². The second-order valence-electron chi connectivity index (χ2n) is 11.9. The van der Waals surface area contributed by atoms with Crippen molar-refractivity contribution < 1.29 is 23.5 Å². The van der Waals surface area contributed by atoms with Crippen molar-refractivity contribution in [2.24, 2.45) is 5.92 Å². The first-order valence-electron chi connectivity index (χ1n) is 14.7. The average molecular weight is 587 g/mol. The highest BCUT2D eigenvalue weighted by atomic mass is 28.4. The van der Waals surface area contributed by atoms with E-state index in [1.807, 2.05) is 31.2 Å². The highest BCUT2D eigenvalue weighted by molar-refractivity contribution is 6.99. The second kappa shape index (κ2) is 13.5. The topological polar surface area (TPSA) is 84.9 Å². The molecule has 1 fully saturated rings. The molecule has 0 unspecified atom stereocenters. The first kappa shape index (κ1) is 31.2. The van der Waals surface area contributed by atoms with Crippen LogP contribution in [0.2, 0.25) is 5.04 Å². The van der Waals surface area contributed by atoms with Crippen molar-refractivity contribution in [1.29, 1.82) is 0 Å². The van der Waals surface area contributed by atoms with Crippen molar-refractivity contribution in [1.82, 2.24) is 10.4 Å². The molecule has 2 amide bonds. The molecule has 222 valence electrons. The summed E-state index contributed by atoms with van der Waals surface area (Å²) in [5.41, 5.74) is 4.12. The fourth-order valence-electron chi connectivity index (χ4n) is 5.93. The van der Waals surface area contributed by atoms with Crippen LogP contribution in [0, 0.1) is 12.8 Å². The summed E-state index contributed by atoms with van der Waals surface area (Å²) >= 11 is 0.